The summed E-state index contributed by atoms with van der Waals surface area (Å²) in [7, 11) is 0. The van der Waals surface area contributed by atoms with Gasteiger partial charge >= 0.3 is 5.97 Å². The zero-order valence-corrected chi connectivity index (χ0v) is 17.9. The molecule has 1 aromatic rings. The van der Waals surface area contributed by atoms with Crippen molar-refractivity contribution in [1.29, 1.82) is 0 Å². The van der Waals surface area contributed by atoms with Gasteiger partial charge < -0.3 is 42.0 Å². The van der Waals surface area contributed by atoms with Gasteiger partial charge in [-0.2, -0.15) is 12.6 Å². The van der Waals surface area contributed by atoms with Crippen LogP contribution in [0.15, 0.2) is 12.5 Å². The van der Waals surface area contributed by atoms with E-state index < -0.39 is 60.1 Å². The van der Waals surface area contributed by atoms with Crippen LogP contribution < -0.4 is 21.7 Å². The van der Waals surface area contributed by atoms with Crippen LogP contribution in [0.4, 0.5) is 0 Å². The lowest BCUT2D eigenvalue weighted by atomic mass is 10.1. The van der Waals surface area contributed by atoms with Crippen molar-refractivity contribution in [2.24, 2.45) is 5.73 Å². The number of carboxylic acids is 1. The first-order valence-corrected chi connectivity index (χ1v) is 9.94. The predicted octanol–water partition coefficient (Wildman–Crippen LogP) is -3.49. The molecule has 0 fully saturated rings. The van der Waals surface area contributed by atoms with E-state index in [1.54, 1.807) is 0 Å². The summed E-state index contributed by atoms with van der Waals surface area (Å²) in [4.78, 5) is 54.9. The summed E-state index contributed by atoms with van der Waals surface area (Å²) in [5, 5.41) is 35.1. The number of rotatable bonds is 12. The number of aliphatic hydroxyl groups excluding tert-OH is 2. The molecule has 6 atom stereocenters. The average Bonchev–Trinajstić information content (AvgIpc) is 3.19. The number of nitrogens with zero attached hydrogens (tertiary/aromatic N) is 1. The maximum absolute atomic E-state index is 12.5. The molecule has 0 bridgehead atoms. The number of imidazole rings is 1. The van der Waals surface area contributed by atoms with E-state index in [2.05, 4.69) is 33.2 Å². The number of aromatic amines is 1. The number of carbonyl (C=O) groups is 4. The predicted molar refractivity (Wildman–Crippen MR) is 111 cm³/mol. The van der Waals surface area contributed by atoms with Crippen molar-refractivity contribution in [2.45, 2.75) is 56.6 Å². The van der Waals surface area contributed by atoms with E-state index in [0.29, 0.717) is 5.69 Å². The van der Waals surface area contributed by atoms with Crippen LogP contribution in [0.5, 0.6) is 0 Å². The topological polar surface area (TPSA) is 220 Å². The summed E-state index contributed by atoms with van der Waals surface area (Å²) in [5.74, 6) is -4.17. The molecule has 1 rings (SSSR count). The van der Waals surface area contributed by atoms with Gasteiger partial charge in [0.25, 0.3) is 0 Å². The fourth-order valence-electron chi connectivity index (χ4n) is 2.49. The van der Waals surface area contributed by atoms with E-state index in [1.165, 1.54) is 19.4 Å². The summed E-state index contributed by atoms with van der Waals surface area (Å²) in [6.45, 7) is 2.37. The molecule has 0 radical (unpaired) electrons. The fraction of sp³-hybridized carbons (Fsp3) is 0.588. The van der Waals surface area contributed by atoms with Gasteiger partial charge in [0, 0.05) is 24.1 Å². The van der Waals surface area contributed by atoms with Crippen molar-refractivity contribution in [3.63, 3.8) is 0 Å². The molecule has 0 saturated carbocycles. The third-order valence-corrected chi connectivity index (χ3v) is 4.62. The zero-order valence-electron chi connectivity index (χ0n) is 17.0. The number of aromatic nitrogens is 2. The van der Waals surface area contributed by atoms with Crippen LogP contribution in [-0.4, -0.2) is 91.1 Å². The van der Waals surface area contributed by atoms with E-state index in [4.69, 9.17) is 10.8 Å². The molecule has 174 valence electrons. The molecule has 31 heavy (non-hydrogen) atoms. The number of hydrogen-bond donors (Lipinski definition) is 9. The van der Waals surface area contributed by atoms with Crippen molar-refractivity contribution >= 4 is 36.3 Å². The summed E-state index contributed by atoms with van der Waals surface area (Å²) in [5.41, 5.74) is 6.44. The molecular weight excluding hydrogens is 432 g/mol. The number of carboxylic acid groups (broad SMARTS) is 1. The lowest BCUT2D eigenvalue weighted by molar-refractivity contribution is -0.146. The maximum Gasteiger partial charge on any atom is 0.328 e. The Morgan fingerprint density at radius 3 is 2.10 bits per heavy atom. The van der Waals surface area contributed by atoms with E-state index in [-0.39, 0.29) is 12.2 Å². The minimum atomic E-state index is -1.65. The number of nitrogens with two attached hydrogens (primary N) is 1. The summed E-state index contributed by atoms with van der Waals surface area (Å²) in [6, 6.07) is -5.38. The quantitative estimate of drug-likeness (QED) is 0.141. The van der Waals surface area contributed by atoms with Crippen molar-refractivity contribution < 1.29 is 34.5 Å². The Hall–Kier alpha value is -2.68. The fourth-order valence-corrected chi connectivity index (χ4v) is 2.75. The van der Waals surface area contributed by atoms with Crippen LogP contribution in [0, 0.1) is 0 Å². The van der Waals surface area contributed by atoms with Gasteiger partial charge in [0.1, 0.15) is 12.1 Å². The molecule has 0 aliphatic heterocycles. The molecule has 1 aromatic heterocycles. The monoisotopic (exact) mass is 460 g/mol. The smallest absolute Gasteiger partial charge is 0.328 e. The summed E-state index contributed by atoms with van der Waals surface area (Å²) >= 11 is 4.02. The molecule has 1 heterocycles. The lowest BCUT2D eigenvalue weighted by Gasteiger charge is -2.26. The Morgan fingerprint density at radius 1 is 1.06 bits per heavy atom. The number of thiol groups is 1. The summed E-state index contributed by atoms with van der Waals surface area (Å²) < 4.78 is 0. The molecule has 9 N–H and O–H groups in total. The number of aliphatic hydroxyl groups is 2. The molecule has 14 heteroatoms. The van der Waals surface area contributed by atoms with Crippen LogP contribution in [0.3, 0.4) is 0 Å². The normalized spacial score (nSPS) is 16.8. The van der Waals surface area contributed by atoms with Crippen molar-refractivity contribution in [1.82, 2.24) is 25.9 Å². The molecular formula is C17H28N6O7S. The molecule has 0 aliphatic rings. The van der Waals surface area contributed by atoms with E-state index in [9.17, 15) is 29.4 Å². The van der Waals surface area contributed by atoms with E-state index >= 15 is 0 Å². The molecule has 0 saturated heterocycles. The second-order valence-corrected chi connectivity index (χ2v) is 7.29. The third-order valence-electron chi connectivity index (χ3n) is 4.26. The Kier molecular flexibility index (Phi) is 10.4. The molecule has 6 unspecified atom stereocenters. The van der Waals surface area contributed by atoms with Crippen molar-refractivity contribution in [3.05, 3.63) is 18.2 Å². The first-order chi connectivity index (χ1) is 14.5. The Bertz CT molecular complexity index is 758. The second kappa shape index (κ2) is 12.2. The minimum Gasteiger partial charge on any atom is -0.480 e. The number of carbonyl (C=O) groups excluding carboxylic acids is 3. The first kappa shape index (κ1) is 26.4. The molecule has 13 nitrogen and oxygen atoms in total. The SMILES string of the molecule is CC(O)C(NC(=O)C(NC(=O)C(CS)NC(=O)C(N)Cc1cnc[nH]1)C(C)O)C(=O)O. The van der Waals surface area contributed by atoms with Crippen molar-refractivity contribution in [2.75, 3.05) is 5.75 Å². The Balaban J connectivity index is 2.78. The zero-order chi connectivity index (χ0) is 23.7. The highest BCUT2D eigenvalue weighted by Gasteiger charge is 2.33. The van der Waals surface area contributed by atoms with Crippen LogP contribution in [0.2, 0.25) is 0 Å². The highest BCUT2D eigenvalue weighted by atomic mass is 32.1. The van der Waals surface area contributed by atoms with Gasteiger partial charge in [-0.25, -0.2) is 9.78 Å². The second-order valence-electron chi connectivity index (χ2n) is 6.92. The Labute approximate surface area is 183 Å². The van der Waals surface area contributed by atoms with Gasteiger partial charge in [0.05, 0.1) is 24.6 Å². The van der Waals surface area contributed by atoms with Gasteiger partial charge in [0.15, 0.2) is 6.04 Å². The molecule has 0 aromatic carbocycles. The third kappa shape index (κ3) is 8.16. The standard InChI is InChI=1S/C17H28N6O7S/c1-7(24)12(16(28)23-13(8(2)25)17(29)30)22-15(27)11(5-31)21-14(26)10(18)3-9-4-19-6-20-9/h4,6-8,10-13,24-25,31H,3,5,18H2,1-2H3,(H,19,20)(H,21,26)(H,22,27)(H,23,28)(H,29,30). The number of nitrogens with one attached hydrogen (secondary N) is 4. The van der Waals surface area contributed by atoms with Crippen LogP contribution in [-0.2, 0) is 25.6 Å². The number of H-pyrrole nitrogens is 1. The van der Waals surface area contributed by atoms with Crippen LogP contribution in [0.1, 0.15) is 19.5 Å². The average molecular weight is 461 g/mol. The van der Waals surface area contributed by atoms with Gasteiger partial charge in [-0.3, -0.25) is 14.4 Å². The molecule has 3 amide bonds. The highest BCUT2D eigenvalue weighted by molar-refractivity contribution is 7.80. The van der Waals surface area contributed by atoms with Gasteiger partial charge in [0.2, 0.25) is 17.7 Å². The minimum absolute atomic E-state index is 0.140. The lowest BCUT2D eigenvalue weighted by Crippen LogP contribution is -2.61. The summed E-state index contributed by atoms with van der Waals surface area (Å²) in [6.07, 6.45) is 0.234. The first-order valence-electron chi connectivity index (χ1n) is 9.31. The number of amides is 3. The number of hydrogen-bond acceptors (Lipinski definition) is 9. The van der Waals surface area contributed by atoms with E-state index in [0.717, 1.165) is 6.92 Å². The number of aliphatic carboxylic acids is 1. The highest BCUT2D eigenvalue weighted by Crippen LogP contribution is 2.02. The molecule has 0 aliphatic carbocycles. The van der Waals surface area contributed by atoms with Gasteiger partial charge in [-0.1, -0.05) is 0 Å². The van der Waals surface area contributed by atoms with Gasteiger partial charge in [-0.15, -0.1) is 0 Å². The largest absolute Gasteiger partial charge is 0.480 e. The molecule has 0 spiro atoms. The van der Waals surface area contributed by atoms with Gasteiger partial charge in [-0.05, 0) is 13.8 Å². The maximum atomic E-state index is 12.5. The van der Waals surface area contributed by atoms with Crippen LogP contribution in [0.25, 0.3) is 0 Å². The Morgan fingerprint density at radius 2 is 1.65 bits per heavy atom. The van der Waals surface area contributed by atoms with Crippen molar-refractivity contribution in [3.8, 4) is 0 Å². The van der Waals surface area contributed by atoms with Crippen LogP contribution >= 0.6 is 12.6 Å². The van der Waals surface area contributed by atoms with E-state index in [1.807, 2.05) is 5.32 Å².